The first-order valence-corrected chi connectivity index (χ1v) is 7.63. The molecule has 116 valence electrons. The Bertz CT molecular complexity index is 503. The van der Waals surface area contributed by atoms with Gasteiger partial charge in [0.2, 0.25) is 0 Å². The van der Waals surface area contributed by atoms with Gasteiger partial charge in [0.1, 0.15) is 0 Å². The molecular formula is C16H26N4O. The van der Waals surface area contributed by atoms with Crippen molar-refractivity contribution in [3.8, 4) is 0 Å². The van der Waals surface area contributed by atoms with E-state index in [0.29, 0.717) is 17.3 Å². The van der Waals surface area contributed by atoms with Crippen molar-refractivity contribution in [2.75, 3.05) is 44.4 Å². The molecule has 1 aromatic carbocycles. The number of amides is 1. The fraction of sp³-hybridized carbons (Fsp3) is 0.562. The van der Waals surface area contributed by atoms with Crippen molar-refractivity contribution in [3.05, 3.63) is 23.8 Å². The van der Waals surface area contributed by atoms with E-state index in [1.54, 1.807) is 13.1 Å². The van der Waals surface area contributed by atoms with Crippen LogP contribution in [0.4, 0.5) is 11.4 Å². The maximum Gasteiger partial charge on any atom is 0.251 e. The van der Waals surface area contributed by atoms with Crippen molar-refractivity contribution in [1.29, 1.82) is 0 Å². The summed E-state index contributed by atoms with van der Waals surface area (Å²) >= 11 is 0. The summed E-state index contributed by atoms with van der Waals surface area (Å²) in [7, 11) is 3.80. The normalized spacial score (nSPS) is 20.1. The zero-order valence-electron chi connectivity index (χ0n) is 13.2. The number of nitrogens with two attached hydrogens (primary N) is 1. The van der Waals surface area contributed by atoms with Crippen molar-refractivity contribution in [2.45, 2.75) is 25.8 Å². The Kier molecular flexibility index (Phi) is 5.07. The number of benzene rings is 1. The van der Waals surface area contributed by atoms with Crippen molar-refractivity contribution in [1.82, 2.24) is 10.2 Å². The van der Waals surface area contributed by atoms with Crippen LogP contribution in [0, 0.1) is 0 Å². The van der Waals surface area contributed by atoms with Crippen LogP contribution in [0.3, 0.4) is 0 Å². The molecule has 1 fully saturated rings. The lowest BCUT2D eigenvalue weighted by Gasteiger charge is -2.33. The smallest absolute Gasteiger partial charge is 0.251 e. The number of nitrogen functional groups attached to an aromatic ring is 1. The highest BCUT2D eigenvalue weighted by molar-refractivity contribution is 5.96. The Hall–Kier alpha value is -1.75. The minimum Gasteiger partial charge on any atom is -0.397 e. The van der Waals surface area contributed by atoms with Gasteiger partial charge in [-0.3, -0.25) is 4.79 Å². The molecule has 1 aliphatic rings. The molecule has 1 saturated heterocycles. The van der Waals surface area contributed by atoms with Gasteiger partial charge in [0.15, 0.2) is 0 Å². The molecule has 1 heterocycles. The first kappa shape index (κ1) is 15.6. The lowest BCUT2D eigenvalue weighted by molar-refractivity contribution is 0.0963. The molecule has 0 saturated carbocycles. The molecule has 0 aliphatic carbocycles. The van der Waals surface area contributed by atoms with Gasteiger partial charge in [0.05, 0.1) is 11.4 Å². The number of hydrogen-bond acceptors (Lipinski definition) is 4. The second kappa shape index (κ2) is 6.80. The molecule has 0 aromatic heterocycles. The summed E-state index contributed by atoms with van der Waals surface area (Å²) in [4.78, 5) is 16.5. The minimum atomic E-state index is -0.101. The standard InChI is InChI=1S/C16H26N4O/c1-4-13-11-19(3)8-5-9-20(13)15-7-6-12(10-14(15)17)16(21)18-2/h6-7,10,13H,4-5,8-9,11,17H2,1-3H3,(H,18,21). The van der Waals surface area contributed by atoms with E-state index < -0.39 is 0 Å². The predicted molar refractivity (Wildman–Crippen MR) is 87.8 cm³/mol. The monoisotopic (exact) mass is 290 g/mol. The fourth-order valence-corrected chi connectivity index (χ4v) is 3.01. The van der Waals surface area contributed by atoms with Gasteiger partial charge in [0, 0.05) is 31.7 Å². The van der Waals surface area contributed by atoms with Crippen LogP contribution in [0.15, 0.2) is 18.2 Å². The molecule has 1 aliphatic heterocycles. The highest BCUT2D eigenvalue weighted by Crippen LogP contribution is 2.28. The summed E-state index contributed by atoms with van der Waals surface area (Å²) in [5, 5.41) is 2.63. The Morgan fingerprint density at radius 1 is 1.43 bits per heavy atom. The maximum absolute atomic E-state index is 11.7. The topological polar surface area (TPSA) is 61.6 Å². The van der Waals surface area contributed by atoms with Crippen LogP contribution in [0.2, 0.25) is 0 Å². The molecule has 1 atom stereocenters. The summed E-state index contributed by atoms with van der Waals surface area (Å²) in [6, 6.07) is 6.07. The van der Waals surface area contributed by atoms with Crippen molar-refractivity contribution in [2.24, 2.45) is 0 Å². The quantitative estimate of drug-likeness (QED) is 0.829. The highest BCUT2D eigenvalue weighted by atomic mass is 16.1. The third-order valence-electron chi connectivity index (χ3n) is 4.20. The van der Waals surface area contributed by atoms with Gasteiger partial charge < -0.3 is 20.9 Å². The number of nitrogens with zero attached hydrogens (tertiary/aromatic N) is 2. The molecule has 1 amide bonds. The average molecular weight is 290 g/mol. The number of rotatable bonds is 3. The Labute approximate surface area is 127 Å². The Morgan fingerprint density at radius 3 is 2.81 bits per heavy atom. The van der Waals surface area contributed by atoms with Gasteiger partial charge in [0.25, 0.3) is 5.91 Å². The SMILES string of the molecule is CCC1CN(C)CCCN1c1ccc(C(=O)NC)cc1N. The van der Waals surface area contributed by atoms with E-state index in [1.165, 1.54) is 0 Å². The molecule has 0 spiro atoms. The molecule has 1 aromatic rings. The maximum atomic E-state index is 11.7. The summed E-state index contributed by atoms with van der Waals surface area (Å²) in [5.41, 5.74) is 8.55. The molecule has 1 unspecified atom stereocenters. The van der Waals surface area contributed by atoms with Crippen LogP contribution >= 0.6 is 0 Å². The molecule has 0 radical (unpaired) electrons. The molecule has 3 N–H and O–H groups in total. The van der Waals surface area contributed by atoms with E-state index in [4.69, 9.17) is 5.73 Å². The average Bonchev–Trinajstić information content (AvgIpc) is 2.67. The molecule has 5 heteroatoms. The van der Waals surface area contributed by atoms with Crippen molar-refractivity contribution >= 4 is 17.3 Å². The van der Waals surface area contributed by atoms with E-state index in [0.717, 1.165) is 38.2 Å². The number of anilines is 2. The van der Waals surface area contributed by atoms with Crippen LogP contribution in [-0.2, 0) is 0 Å². The van der Waals surface area contributed by atoms with Gasteiger partial charge in [-0.25, -0.2) is 0 Å². The highest BCUT2D eigenvalue weighted by Gasteiger charge is 2.23. The summed E-state index contributed by atoms with van der Waals surface area (Å²) in [6.45, 7) is 5.38. The van der Waals surface area contributed by atoms with Gasteiger partial charge in [-0.2, -0.15) is 0 Å². The first-order valence-electron chi connectivity index (χ1n) is 7.63. The molecule has 2 rings (SSSR count). The zero-order valence-corrected chi connectivity index (χ0v) is 13.2. The second-order valence-electron chi connectivity index (χ2n) is 5.72. The van der Waals surface area contributed by atoms with Gasteiger partial charge in [-0.15, -0.1) is 0 Å². The number of carbonyl (C=O) groups excluding carboxylic acids is 1. The van der Waals surface area contributed by atoms with Gasteiger partial charge in [-0.1, -0.05) is 6.92 Å². The largest absolute Gasteiger partial charge is 0.397 e. The summed E-state index contributed by atoms with van der Waals surface area (Å²) in [6.07, 6.45) is 2.21. The number of likely N-dealkylation sites (N-methyl/N-ethyl adjacent to an activating group) is 1. The van der Waals surface area contributed by atoms with E-state index in [1.807, 2.05) is 12.1 Å². The van der Waals surface area contributed by atoms with E-state index in [2.05, 4.69) is 29.1 Å². The van der Waals surface area contributed by atoms with Crippen LogP contribution in [0.1, 0.15) is 30.1 Å². The third-order valence-corrected chi connectivity index (χ3v) is 4.20. The van der Waals surface area contributed by atoms with E-state index >= 15 is 0 Å². The number of carbonyl (C=O) groups is 1. The minimum absolute atomic E-state index is 0.101. The molecule has 21 heavy (non-hydrogen) atoms. The second-order valence-corrected chi connectivity index (χ2v) is 5.72. The molecule has 0 bridgehead atoms. The van der Waals surface area contributed by atoms with Crippen molar-refractivity contribution < 1.29 is 4.79 Å². The lowest BCUT2D eigenvalue weighted by atomic mass is 10.1. The zero-order chi connectivity index (χ0) is 15.4. The summed E-state index contributed by atoms with van der Waals surface area (Å²) in [5.74, 6) is -0.101. The van der Waals surface area contributed by atoms with E-state index in [9.17, 15) is 4.79 Å². The van der Waals surface area contributed by atoms with Gasteiger partial charge in [-0.05, 0) is 44.6 Å². The lowest BCUT2D eigenvalue weighted by Crippen LogP contribution is -2.40. The third kappa shape index (κ3) is 3.47. The van der Waals surface area contributed by atoms with Crippen molar-refractivity contribution in [3.63, 3.8) is 0 Å². The summed E-state index contributed by atoms with van der Waals surface area (Å²) < 4.78 is 0. The molecular weight excluding hydrogens is 264 g/mol. The molecule has 5 nitrogen and oxygen atoms in total. The van der Waals surface area contributed by atoms with Crippen LogP contribution in [-0.4, -0.2) is 50.6 Å². The Morgan fingerprint density at radius 2 is 2.19 bits per heavy atom. The van der Waals surface area contributed by atoms with Crippen LogP contribution in [0.25, 0.3) is 0 Å². The van der Waals surface area contributed by atoms with E-state index in [-0.39, 0.29) is 5.91 Å². The number of nitrogens with one attached hydrogen (secondary N) is 1. The first-order chi connectivity index (χ1) is 10.1. The predicted octanol–water partition coefficient (Wildman–Crippen LogP) is 1.55. The Balaban J connectivity index is 2.29. The van der Waals surface area contributed by atoms with Crippen LogP contribution < -0.4 is 16.0 Å². The van der Waals surface area contributed by atoms with Gasteiger partial charge >= 0.3 is 0 Å². The number of hydrogen-bond donors (Lipinski definition) is 2. The van der Waals surface area contributed by atoms with Crippen LogP contribution in [0.5, 0.6) is 0 Å². The fourth-order valence-electron chi connectivity index (χ4n) is 3.01.